The quantitative estimate of drug-likeness (QED) is 0.564. The number of methoxy groups -OCH3 is 2. The lowest BCUT2D eigenvalue weighted by atomic mass is 10.3. The molecule has 1 fully saturated rings. The zero-order valence-electron chi connectivity index (χ0n) is 14.0. The summed E-state index contributed by atoms with van der Waals surface area (Å²) in [6, 6.07) is 16.2. The van der Waals surface area contributed by atoms with Crippen molar-refractivity contribution >= 4 is 65.1 Å². The first-order valence-corrected chi connectivity index (χ1v) is 17.1. The second-order valence-corrected chi connectivity index (χ2v) is 25.8. The minimum Gasteiger partial charge on any atom is -0.497 e. The zero-order chi connectivity index (χ0) is 17.8. The van der Waals surface area contributed by atoms with Crippen LogP contribution in [0.4, 0.5) is 0 Å². The number of rotatable bonds is 4. The summed E-state index contributed by atoms with van der Waals surface area (Å²) in [7, 11) is 3.34. The van der Waals surface area contributed by atoms with Gasteiger partial charge >= 0.3 is 0 Å². The van der Waals surface area contributed by atoms with Crippen molar-refractivity contribution in [1.82, 2.24) is 0 Å². The van der Waals surface area contributed by atoms with Crippen LogP contribution in [0.1, 0.15) is 13.8 Å². The predicted octanol–water partition coefficient (Wildman–Crippen LogP) is 5.78. The van der Waals surface area contributed by atoms with Crippen LogP contribution in [-0.2, 0) is 23.6 Å². The first-order chi connectivity index (χ1) is 11.5. The zero-order valence-corrected chi connectivity index (χ0v) is 19.0. The lowest BCUT2D eigenvalue weighted by Gasteiger charge is -2.40. The normalized spacial score (nSPS) is 25.0. The highest BCUT2D eigenvalue weighted by Crippen LogP contribution is 3.04. The maximum Gasteiger partial charge on any atom is 0.118 e. The second kappa shape index (κ2) is 8.62. The Balaban J connectivity index is 0.00000100. The number of benzene rings is 2. The number of hydrogen-bond acceptors (Lipinski definition) is 6. The minimum atomic E-state index is -1.66. The van der Waals surface area contributed by atoms with Crippen LogP contribution in [0.25, 0.3) is 0 Å². The van der Waals surface area contributed by atoms with Crippen LogP contribution in [0.15, 0.2) is 48.5 Å². The van der Waals surface area contributed by atoms with Gasteiger partial charge in [0.2, 0.25) is 0 Å². The van der Waals surface area contributed by atoms with Crippen molar-refractivity contribution in [2.45, 2.75) is 13.8 Å². The van der Waals surface area contributed by atoms with Crippen molar-refractivity contribution in [3.8, 4) is 11.5 Å². The molecule has 3 rings (SSSR count). The molecule has 1 aliphatic heterocycles. The molecule has 0 unspecified atom stereocenters. The Labute approximate surface area is 162 Å². The van der Waals surface area contributed by atoms with Gasteiger partial charge in [-0.05, 0) is 48.5 Å². The SMILES string of the molecule is CC.COc1ccc(P2(=S)SP(=S)(c3ccc(OC)cc3)S2)cc1. The van der Waals surface area contributed by atoms with Crippen LogP contribution in [0.3, 0.4) is 0 Å². The monoisotopic (exact) mass is 434 g/mol. The van der Waals surface area contributed by atoms with E-state index in [0.717, 1.165) is 11.5 Å². The molecule has 2 aromatic rings. The van der Waals surface area contributed by atoms with Gasteiger partial charge in [0.05, 0.1) is 23.1 Å². The molecular weight excluding hydrogens is 414 g/mol. The molecule has 1 aliphatic rings. The first kappa shape index (κ1) is 20.4. The molecule has 1 heterocycles. The molecule has 130 valence electrons. The maximum absolute atomic E-state index is 5.91. The molecule has 0 amide bonds. The maximum atomic E-state index is 5.91. The van der Waals surface area contributed by atoms with Crippen molar-refractivity contribution in [1.29, 1.82) is 0 Å². The van der Waals surface area contributed by atoms with Crippen molar-refractivity contribution in [3.63, 3.8) is 0 Å². The van der Waals surface area contributed by atoms with Crippen LogP contribution in [0.2, 0.25) is 0 Å². The van der Waals surface area contributed by atoms with Crippen molar-refractivity contribution in [2.75, 3.05) is 14.2 Å². The van der Waals surface area contributed by atoms with Crippen molar-refractivity contribution in [3.05, 3.63) is 48.5 Å². The van der Waals surface area contributed by atoms with E-state index in [-0.39, 0.29) is 0 Å². The van der Waals surface area contributed by atoms with Crippen LogP contribution < -0.4 is 20.1 Å². The number of ether oxygens (including phenoxy) is 2. The molecule has 24 heavy (non-hydrogen) atoms. The van der Waals surface area contributed by atoms with E-state index in [2.05, 4.69) is 24.3 Å². The topological polar surface area (TPSA) is 18.5 Å². The summed E-state index contributed by atoms with van der Waals surface area (Å²) >= 11 is 15.5. The lowest BCUT2D eigenvalue weighted by molar-refractivity contribution is 0.415. The molecule has 2 nitrogen and oxygen atoms in total. The van der Waals surface area contributed by atoms with Gasteiger partial charge in [-0.15, -0.1) is 0 Å². The number of hydrogen-bond donors (Lipinski definition) is 0. The van der Waals surface area contributed by atoms with E-state index in [4.69, 9.17) is 33.1 Å². The van der Waals surface area contributed by atoms with Gasteiger partial charge in [-0.1, -0.05) is 59.5 Å². The average Bonchev–Trinajstić information content (AvgIpc) is 2.62. The molecule has 8 heteroatoms. The minimum absolute atomic E-state index is 0.857. The molecule has 0 atom stereocenters. The third kappa shape index (κ3) is 4.23. The predicted molar refractivity (Wildman–Crippen MR) is 120 cm³/mol. The Kier molecular flexibility index (Phi) is 7.31. The molecule has 0 spiro atoms. The Hall–Kier alpha value is 0.0400. The summed E-state index contributed by atoms with van der Waals surface area (Å²) in [6.45, 7) is 4.00. The molecular formula is C16H20O2P2S4. The van der Waals surface area contributed by atoms with E-state index in [0.29, 0.717) is 0 Å². The first-order valence-electron chi connectivity index (χ1n) is 7.41. The van der Waals surface area contributed by atoms with E-state index < -0.39 is 8.88 Å². The standard InChI is InChI=1S/C14H14O2P2S4.C2H6/c1-15-11-3-7-13(8-4-11)17(19)21-18(20,22-17)14-9-5-12(16-2)6-10-14;1-2/h3-10H,1-2H3;1-2H3. The molecule has 0 bridgehead atoms. The molecule has 0 aromatic heterocycles. The van der Waals surface area contributed by atoms with E-state index in [1.54, 1.807) is 14.2 Å². The fourth-order valence-electron chi connectivity index (χ4n) is 2.01. The van der Waals surface area contributed by atoms with E-state index in [9.17, 15) is 0 Å². The smallest absolute Gasteiger partial charge is 0.118 e. The molecule has 0 aliphatic carbocycles. The van der Waals surface area contributed by atoms with E-state index in [1.807, 2.05) is 60.1 Å². The molecule has 0 radical (unpaired) electrons. The summed E-state index contributed by atoms with van der Waals surface area (Å²) in [5.41, 5.74) is 0. The van der Waals surface area contributed by atoms with Gasteiger partial charge in [0, 0.05) is 10.6 Å². The third-order valence-corrected chi connectivity index (χ3v) is 34.4. The summed E-state index contributed by atoms with van der Waals surface area (Å²) < 4.78 is 7.10. The summed E-state index contributed by atoms with van der Waals surface area (Å²) in [5, 5.41) is 2.43. The van der Waals surface area contributed by atoms with Crippen molar-refractivity contribution in [2.24, 2.45) is 0 Å². The van der Waals surface area contributed by atoms with Gasteiger partial charge in [0.25, 0.3) is 0 Å². The fraction of sp³-hybridized carbons (Fsp3) is 0.250. The van der Waals surface area contributed by atoms with Gasteiger partial charge < -0.3 is 9.47 Å². The Morgan fingerprint density at radius 1 is 0.667 bits per heavy atom. The van der Waals surface area contributed by atoms with Crippen LogP contribution in [0.5, 0.6) is 11.5 Å². The van der Waals surface area contributed by atoms with Crippen LogP contribution in [0, 0.1) is 0 Å². The van der Waals surface area contributed by atoms with Crippen molar-refractivity contribution < 1.29 is 9.47 Å². The summed E-state index contributed by atoms with van der Waals surface area (Å²) in [6.07, 6.45) is 0. The van der Waals surface area contributed by atoms with Gasteiger partial charge in [-0.2, -0.15) is 0 Å². The molecule has 0 saturated carbocycles. The highest BCUT2D eigenvalue weighted by Gasteiger charge is 2.45. The highest BCUT2D eigenvalue weighted by molar-refractivity contribution is 9.48. The van der Waals surface area contributed by atoms with Gasteiger partial charge in [0.1, 0.15) is 11.5 Å². The fourth-order valence-corrected chi connectivity index (χ4v) is 44.3. The Bertz CT molecular complexity index is 696. The Morgan fingerprint density at radius 2 is 0.958 bits per heavy atom. The van der Waals surface area contributed by atoms with Crippen LogP contribution >= 0.6 is 30.9 Å². The second-order valence-electron chi connectivity index (χ2n) is 4.55. The highest BCUT2D eigenvalue weighted by atomic mass is 33.7. The molecule has 1 saturated heterocycles. The summed E-state index contributed by atoms with van der Waals surface area (Å²) in [4.78, 5) is 0. The van der Waals surface area contributed by atoms with Gasteiger partial charge in [-0.3, -0.25) is 0 Å². The average molecular weight is 435 g/mol. The molecule has 0 N–H and O–H groups in total. The van der Waals surface area contributed by atoms with E-state index >= 15 is 0 Å². The largest absolute Gasteiger partial charge is 0.497 e. The Morgan fingerprint density at radius 3 is 1.21 bits per heavy atom. The van der Waals surface area contributed by atoms with E-state index in [1.165, 1.54) is 10.6 Å². The molecule has 2 aromatic carbocycles. The van der Waals surface area contributed by atoms with Gasteiger partial charge in [0.15, 0.2) is 0 Å². The van der Waals surface area contributed by atoms with Crippen LogP contribution in [-0.4, -0.2) is 14.2 Å². The van der Waals surface area contributed by atoms with Gasteiger partial charge in [-0.25, -0.2) is 0 Å². The lowest BCUT2D eigenvalue weighted by Crippen LogP contribution is -2.09. The third-order valence-electron chi connectivity index (χ3n) is 3.21. The summed E-state index contributed by atoms with van der Waals surface area (Å²) in [5.74, 6) is 1.71.